The molecule has 0 unspecified atom stereocenters. The molecule has 2 atom stereocenters. The van der Waals surface area contributed by atoms with Crippen molar-refractivity contribution in [2.75, 3.05) is 14.1 Å². The molecule has 0 aromatic heterocycles. The van der Waals surface area contributed by atoms with Crippen molar-refractivity contribution in [3.8, 4) is 0 Å². The summed E-state index contributed by atoms with van der Waals surface area (Å²) < 4.78 is 0. The number of benzene rings is 3. The van der Waals surface area contributed by atoms with E-state index in [1.165, 1.54) is 33.0 Å². The van der Waals surface area contributed by atoms with Gasteiger partial charge in [-0.1, -0.05) is 72.8 Å². The van der Waals surface area contributed by atoms with Crippen LogP contribution in [0.15, 0.2) is 72.8 Å². The van der Waals surface area contributed by atoms with Gasteiger partial charge in [0.25, 0.3) is 0 Å². The normalized spacial score (nSPS) is 18.5. The van der Waals surface area contributed by atoms with Gasteiger partial charge in [0, 0.05) is 17.6 Å². The molecule has 2 aliphatic carbocycles. The van der Waals surface area contributed by atoms with Crippen LogP contribution in [0.4, 0.5) is 0 Å². The van der Waals surface area contributed by atoms with Gasteiger partial charge in [0.05, 0.1) is 0 Å². The fraction of sp³-hybridized carbons (Fsp3) is 0.133. The maximum atomic E-state index is 2.33. The minimum atomic E-state index is -0.613. The van der Waals surface area contributed by atoms with E-state index in [2.05, 4.69) is 118 Å². The Balaban J connectivity index is 0.000000453. The fourth-order valence-corrected chi connectivity index (χ4v) is 6.69. The summed E-state index contributed by atoms with van der Waals surface area (Å²) in [6.45, 7) is 2.29. The molecule has 3 aromatic rings. The topological polar surface area (TPSA) is 3.24 Å². The van der Waals surface area contributed by atoms with Gasteiger partial charge in [-0.25, -0.2) is 0 Å². The van der Waals surface area contributed by atoms with Gasteiger partial charge in [0.1, 0.15) is 0 Å². The van der Waals surface area contributed by atoms with Crippen LogP contribution in [0, 0.1) is 62.9 Å². The molecule has 33 heavy (non-hydrogen) atoms. The first-order valence-corrected chi connectivity index (χ1v) is 12.4. The summed E-state index contributed by atoms with van der Waals surface area (Å²) in [5, 5.41) is 5.52. The van der Waals surface area contributed by atoms with E-state index < -0.39 is 7.92 Å². The van der Waals surface area contributed by atoms with Gasteiger partial charge in [-0.3, -0.25) is 0 Å². The molecule has 0 saturated heterocycles. The molecule has 166 valence electrons. The van der Waals surface area contributed by atoms with Crippen LogP contribution in [0.3, 0.4) is 0 Å². The molecule has 0 aliphatic heterocycles. The quantitative estimate of drug-likeness (QED) is 0.314. The van der Waals surface area contributed by atoms with Crippen molar-refractivity contribution in [3.05, 3.63) is 136 Å². The predicted molar refractivity (Wildman–Crippen MR) is 141 cm³/mol. The molecule has 5 rings (SSSR count). The van der Waals surface area contributed by atoms with E-state index >= 15 is 0 Å². The molecule has 0 N–H and O–H groups in total. The minimum absolute atomic E-state index is 0. The average molecular weight is 491 g/mol. The zero-order valence-corrected chi connectivity index (χ0v) is 21.4. The number of nitrogens with zero attached hydrogens (tertiary/aromatic N) is 1. The van der Waals surface area contributed by atoms with E-state index in [0.717, 1.165) is 0 Å². The average Bonchev–Trinajstić information content (AvgIpc) is 3.55. The SMILES string of the molecule is C[C@H]([C]1[CH][CH][CH][C]1[P@@](c1ccccc1)c1cccc2ccccc12)N(C)C.[CH]1[CH][CH][CH][CH]1.[Fe+2]. The summed E-state index contributed by atoms with van der Waals surface area (Å²) in [4.78, 5) is 2.29. The molecule has 10 radical (unpaired) electrons. The second-order valence-electron chi connectivity index (χ2n) is 8.14. The van der Waals surface area contributed by atoms with Crippen molar-refractivity contribution in [1.29, 1.82) is 0 Å². The smallest absolute Gasteiger partial charge is 0.306 e. The predicted octanol–water partition coefficient (Wildman–Crippen LogP) is 5.97. The summed E-state index contributed by atoms with van der Waals surface area (Å²) >= 11 is 0. The van der Waals surface area contributed by atoms with E-state index in [0.29, 0.717) is 6.04 Å². The third-order valence-corrected chi connectivity index (χ3v) is 8.44. The molecule has 3 aromatic carbocycles. The monoisotopic (exact) mass is 491 g/mol. The van der Waals surface area contributed by atoms with Gasteiger partial charge < -0.3 is 4.90 Å². The van der Waals surface area contributed by atoms with E-state index in [1.807, 2.05) is 32.1 Å². The zero-order valence-electron chi connectivity index (χ0n) is 19.4. The third-order valence-electron chi connectivity index (χ3n) is 5.87. The first-order chi connectivity index (χ1) is 15.7. The fourth-order valence-electron chi connectivity index (χ4n) is 3.97. The van der Waals surface area contributed by atoms with Crippen LogP contribution in [-0.2, 0) is 17.1 Å². The second kappa shape index (κ2) is 13.1. The molecular formula is C30H30FeNP+2. The Morgan fingerprint density at radius 1 is 0.667 bits per heavy atom. The van der Waals surface area contributed by atoms with Gasteiger partial charge in [0.2, 0.25) is 0 Å². The Kier molecular flexibility index (Phi) is 10.5. The maximum absolute atomic E-state index is 2.33. The van der Waals surface area contributed by atoms with Crippen LogP contribution in [0.5, 0.6) is 0 Å². The van der Waals surface area contributed by atoms with Gasteiger partial charge in [0.15, 0.2) is 0 Å². The van der Waals surface area contributed by atoms with Crippen molar-refractivity contribution in [1.82, 2.24) is 4.90 Å². The second-order valence-corrected chi connectivity index (χ2v) is 10.3. The van der Waals surface area contributed by atoms with Gasteiger partial charge in [-0.15, -0.1) is 0 Å². The summed E-state index contributed by atoms with van der Waals surface area (Å²) in [5.41, 5.74) is 1.47. The number of hydrogen-bond acceptors (Lipinski definition) is 1. The minimum Gasteiger partial charge on any atom is -0.306 e. The van der Waals surface area contributed by atoms with Gasteiger partial charge >= 0.3 is 17.1 Å². The summed E-state index contributed by atoms with van der Waals surface area (Å²) in [6.07, 6.45) is 16.8. The summed E-state index contributed by atoms with van der Waals surface area (Å²) in [7, 11) is 3.70. The number of fused-ring (bicyclic) bond motifs is 1. The Morgan fingerprint density at radius 3 is 1.94 bits per heavy atom. The first kappa shape index (κ1) is 26.4. The van der Waals surface area contributed by atoms with Crippen molar-refractivity contribution in [3.63, 3.8) is 0 Å². The van der Waals surface area contributed by atoms with Crippen molar-refractivity contribution < 1.29 is 17.1 Å². The van der Waals surface area contributed by atoms with E-state index in [4.69, 9.17) is 0 Å². The zero-order chi connectivity index (χ0) is 22.3. The molecule has 2 fully saturated rings. The van der Waals surface area contributed by atoms with Crippen molar-refractivity contribution in [2.45, 2.75) is 13.0 Å². The maximum Gasteiger partial charge on any atom is 2.00 e. The van der Waals surface area contributed by atoms with Crippen LogP contribution >= 0.6 is 7.92 Å². The Bertz CT molecular complexity index is 956. The molecule has 0 amide bonds. The van der Waals surface area contributed by atoms with E-state index in [-0.39, 0.29) is 17.1 Å². The largest absolute Gasteiger partial charge is 2.00 e. The molecule has 0 bridgehead atoms. The van der Waals surface area contributed by atoms with Crippen molar-refractivity contribution >= 4 is 29.3 Å². The molecular weight excluding hydrogens is 461 g/mol. The van der Waals surface area contributed by atoms with E-state index in [1.54, 1.807) is 0 Å². The standard InChI is InChI=1S/C25H25NP.C5H5.Fe/c1-19(26(2)3)22-16-10-18-24(22)27(21-13-5-4-6-14-21)25-17-9-12-20-11-7-8-15-23(20)25;1-2-4-5-3-1;/h4-19H,1-3H3;1-5H;/q;;+2/t19-,27-;;/m1../s1. The summed E-state index contributed by atoms with van der Waals surface area (Å²) in [6, 6.07) is 26.9. The number of rotatable bonds is 5. The summed E-state index contributed by atoms with van der Waals surface area (Å²) in [5.74, 6) is 1.43. The van der Waals surface area contributed by atoms with Crippen LogP contribution in [-0.4, -0.2) is 25.0 Å². The van der Waals surface area contributed by atoms with E-state index in [9.17, 15) is 0 Å². The molecule has 2 saturated carbocycles. The van der Waals surface area contributed by atoms with Crippen LogP contribution in [0.1, 0.15) is 6.92 Å². The van der Waals surface area contributed by atoms with Crippen molar-refractivity contribution in [2.24, 2.45) is 0 Å². The third kappa shape index (κ3) is 6.49. The van der Waals surface area contributed by atoms with Crippen LogP contribution in [0.25, 0.3) is 10.8 Å². The Hall–Kier alpha value is -1.17. The van der Waals surface area contributed by atoms with Gasteiger partial charge in [-0.05, 0) is 102 Å². The Morgan fingerprint density at radius 2 is 1.27 bits per heavy atom. The first-order valence-electron chi connectivity index (χ1n) is 11.1. The van der Waals surface area contributed by atoms with Gasteiger partial charge in [-0.2, -0.15) is 0 Å². The molecule has 2 aliphatic rings. The van der Waals surface area contributed by atoms with Crippen LogP contribution in [0.2, 0.25) is 0 Å². The molecule has 0 heterocycles. The molecule has 1 nitrogen and oxygen atoms in total. The Labute approximate surface area is 213 Å². The molecule has 3 heteroatoms. The number of hydrogen-bond donors (Lipinski definition) is 0. The molecule has 0 spiro atoms. The van der Waals surface area contributed by atoms with Crippen LogP contribution < -0.4 is 10.6 Å².